The van der Waals surface area contributed by atoms with E-state index in [4.69, 9.17) is 9.47 Å². The summed E-state index contributed by atoms with van der Waals surface area (Å²) in [5.41, 5.74) is 0.416. The smallest absolute Gasteiger partial charge is 0.251 e. The molecule has 0 aliphatic carbocycles. The first-order chi connectivity index (χ1) is 13.0. The Kier molecular flexibility index (Phi) is 8.39. The van der Waals surface area contributed by atoms with Gasteiger partial charge in [-0.1, -0.05) is 6.92 Å². The van der Waals surface area contributed by atoms with Crippen molar-refractivity contribution < 1.29 is 19.1 Å². The van der Waals surface area contributed by atoms with Gasteiger partial charge in [0, 0.05) is 12.1 Å². The first-order valence-electron chi connectivity index (χ1n) is 9.52. The zero-order chi connectivity index (χ0) is 19.6. The third kappa shape index (κ3) is 6.75. The number of carbonyl (C=O) groups is 2. The van der Waals surface area contributed by atoms with Crippen LogP contribution < -0.4 is 20.1 Å². The summed E-state index contributed by atoms with van der Waals surface area (Å²) in [5, 5.41) is 5.48. The summed E-state index contributed by atoms with van der Waals surface area (Å²) < 4.78 is 10.3. The summed E-state index contributed by atoms with van der Waals surface area (Å²) in [6.45, 7) is 6.18. The van der Waals surface area contributed by atoms with Crippen molar-refractivity contribution in [3.63, 3.8) is 0 Å². The zero-order valence-corrected chi connectivity index (χ0v) is 16.5. The molecule has 0 aromatic heterocycles. The van der Waals surface area contributed by atoms with Gasteiger partial charge in [0.1, 0.15) is 0 Å². The number of hydrogen-bond acceptors (Lipinski definition) is 5. The summed E-state index contributed by atoms with van der Waals surface area (Å²) in [6, 6.07) is 4.88. The average molecular weight is 377 g/mol. The molecule has 2 N–H and O–H groups in total. The van der Waals surface area contributed by atoms with Crippen LogP contribution >= 0.6 is 0 Å². The van der Waals surface area contributed by atoms with Crippen molar-refractivity contribution >= 4 is 11.8 Å². The van der Waals surface area contributed by atoms with Gasteiger partial charge in [-0.25, -0.2) is 0 Å². The molecule has 1 aromatic rings. The maximum absolute atomic E-state index is 12.2. The monoisotopic (exact) mass is 377 g/mol. The highest BCUT2D eigenvalue weighted by atomic mass is 16.5. The molecule has 0 bridgehead atoms. The number of methoxy groups -OCH3 is 2. The summed E-state index contributed by atoms with van der Waals surface area (Å²) in [5.74, 6) is 1.34. The Hall–Kier alpha value is -2.28. The van der Waals surface area contributed by atoms with E-state index in [9.17, 15) is 9.59 Å². The van der Waals surface area contributed by atoms with Gasteiger partial charge in [0.2, 0.25) is 5.91 Å². The average Bonchev–Trinajstić information content (AvgIpc) is 2.70. The van der Waals surface area contributed by atoms with Crippen molar-refractivity contribution in [2.24, 2.45) is 5.92 Å². The predicted octanol–water partition coefficient (Wildman–Crippen LogP) is 1.67. The quantitative estimate of drug-likeness (QED) is 0.640. The summed E-state index contributed by atoms with van der Waals surface area (Å²) in [4.78, 5) is 26.5. The molecule has 2 amide bonds. The van der Waals surface area contributed by atoms with E-state index in [1.54, 1.807) is 18.2 Å². The number of rotatable bonds is 9. The van der Waals surface area contributed by atoms with E-state index in [1.165, 1.54) is 27.1 Å². The molecule has 1 aliphatic heterocycles. The molecule has 1 heterocycles. The van der Waals surface area contributed by atoms with Gasteiger partial charge >= 0.3 is 0 Å². The lowest BCUT2D eigenvalue weighted by Gasteiger charge is -2.30. The third-order valence-corrected chi connectivity index (χ3v) is 4.90. The molecule has 0 unspecified atom stereocenters. The standard InChI is InChI=1S/C20H31N3O4/c1-15-7-11-23(12-8-15)10-4-9-21-19(24)14-22-20(25)16-5-6-17(26-2)18(13-16)27-3/h5-6,13,15H,4,7-12,14H2,1-3H3,(H,21,24)(H,22,25). The highest BCUT2D eigenvalue weighted by Crippen LogP contribution is 2.27. The molecule has 150 valence electrons. The van der Waals surface area contributed by atoms with Crippen molar-refractivity contribution in [1.29, 1.82) is 0 Å². The summed E-state index contributed by atoms with van der Waals surface area (Å²) in [6.07, 6.45) is 3.44. The van der Waals surface area contributed by atoms with Gasteiger partial charge in [-0.15, -0.1) is 0 Å². The fraction of sp³-hybridized carbons (Fsp3) is 0.600. The second kappa shape index (κ2) is 10.8. The van der Waals surface area contributed by atoms with Crippen molar-refractivity contribution in [1.82, 2.24) is 15.5 Å². The SMILES string of the molecule is COc1ccc(C(=O)NCC(=O)NCCCN2CCC(C)CC2)cc1OC. The number of carbonyl (C=O) groups excluding carboxylic acids is 2. The molecule has 2 rings (SSSR count). The second-order valence-electron chi connectivity index (χ2n) is 6.98. The van der Waals surface area contributed by atoms with Gasteiger partial charge in [-0.3, -0.25) is 9.59 Å². The Morgan fingerprint density at radius 3 is 2.48 bits per heavy atom. The van der Waals surface area contributed by atoms with Crippen molar-refractivity contribution in [3.8, 4) is 11.5 Å². The van der Waals surface area contributed by atoms with Crippen LogP contribution in [0, 0.1) is 5.92 Å². The molecular formula is C20H31N3O4. The van der Waals surface area contributed by atoms with Crippen LogP contribution in [0.4, 0.5) is 0 Å². The number of benzene rings is 1. The lowest BCUT2D eigenvalue weighted by Crippen LogP contribution is -2.39. The molecule has 7 nitrogen and oxygen atoms in total. The first-order valence-corrected chi connectivity index (χ1v) is 9.52. The van der Waals surface area contributed by atoms with Crippen LogP contribution in [0.25, 0.3) is 0 Å². The van der Waals surface area contributed by atoms with Gasteiger partial charge in [-0.05, 0) is 63.0 Å². The summed E-state index contributed by atoms with van der Waals surface area (Å²) >= 11 is 0. The fourth-order valence-electron chi connectivity index (χ4n) is 3.12. The van der Waals surface area contributed by atoms with E-state index in [-0.39, 0.29) is 18.4 Å². The molecular weight excluding hydrogens is 346 g/mol. The Morgan fingerprint density at radius 2 is 1.81 bits per heavy atom. The molecule has 0 spiro atoms. The number of piperidine rings is 1. The molecule has 1 aromatic carbocycles. The largest absolute Gasteiger partial charge is 0.493 e. The number of ether oxygens (including phenoxy) is 2. The van der Waals surface area contributed by atoms with E-state index in [0.717, 1.165) is 32.0 Å². The van der Waals surface area contributed by atoms with Gasteiger partial charge in [-0.2, -0.15) is 0 Å². The van der Waals surface area contributed by atoms with E-state index in [2.05, 4.69) is 22.5 Å². The molecule has 0 radical (unpaired) electrons. The number of likely N-dealkylation sites (tertiary alicyclic amines) is 1. The number of amides is 2. The molecule has 1 saturated heterocycles. The van der Waals surface area contributed by atoms with Crippen LogP contribution in [0.3, 0.4) is 0 Å². The van der Waals surface area contributed by atoms with Crippen LogP contribution in [0.15, 0.2) is 18.2 Å². The van der Waals surface area contributed by atoms with Gasteiger partial charge in [0.05, 0.1) is 20.8 Å². The Morgan fingerprint density at radius 1 is 1.11 bits per heavy atom. The number of hydrogen-bond donors (Lipinski definition) is 2. The normalized spacial score (nSPS) is 15.2. The van der Waals surface area contributed by atoms with Crippen molar-refractivity contribution in [2.45, 2.75) is 26.2 Å². The summed E-state index contributed by atoms with van der Waals surface area (Å²) in [7, 11) is 3.05. The van der Waals surface area contributed by atoms with Gasteiger partial charge < -0.3 is 25.0 Å². The minimum atomic E-state index is -0.325. The maximum atomic E-state index is 12.2. The van der Waals surface area contributed by atoms with Gasteiger partial charge in [0.15, 0.2) is 11.5 Å². The van der Waals surface area contributed by atoms with E-state index < -0.39 is 0 Å². The molecule has 1 aliphatic rings. The Bertz CT molecular complexity index is 628. The number of nitrogens with zero attached hydrogens (tertiary/aromatic N) is 1. The van der Waals surface area contributed by atoms with Crippen LogP contribution in [0.2, 0.25) is 0 Å². The van der Waals surface area contributed by atoms with E-state index in [0.29, 0.717) is 23.6 Å². The molecule has 0 atom stereocenters. The highest BCUT2D eigenvalue weighted by Gasteiger charge is 2.15. The highest BCUT2D eigenvalue weighted by molar-refractivity contribution is 5.97. The minimum Gasteiger partial charge on any atom is -0.493 e. The lowest BCUT2D eigenvalue weighted by molar-refractivity contribution is -0.120. The minimum absolute atomic E-state index is 0.0472. The Balaban J connectivity index is 1.65. The van der Waals surface area contributed by atoms with Crippen molar-refractivity contribution in [2.75, 3.05) is 46.9 Å². The number of nitrogens with one attached hydrogen (secondary N) is 2. The maximum Gasteiger partial charge on any atom is 0.251 e. The van der Waals surface area contributed by atoms with Crippen LogP contribution in [-0.4, -0.2) is 63.7 Å². The lowest BCUT2D eigenvalue weighted by atomic mass is 9.99. The Labute approximate surface area is 161 Å². The van der Waals surface area contributed by atoms with Crippen LogP contribution in [0.5, 0.6) is 11.5 Å². The second-order valence-corrected chi connectivity index (χ2v) is 6.98. The predicted molar refractivity (Wildman–Crippen MR) is 104 cm³/mol. The topological polar surface area (TPSA) is 79.9 Å². The molecule has 27 heavy (non-hydrogen) atoms. The van der Waals surface area contributed by atoms with Crippen LogP contribution in [0.1, 0.15) is 36.5 Å². The van der Waals surface area contributed by atoms with Crippen molar-refractivity contribution in [3.05, 3.63) is 23.8 Å². The van der Waals surface area contributed by atoms with E-state index >= 15 is 0 Å². The molecule has 0 saturated carbocycles. The molecule has 7 heteroatoms. The fourth-order valence-corrected chi connectivity index (χ4v) is 3.12. The van der Waals surface area contributed by atoms with E-state index in [1.807, 2.05) is 0 Å². The molecule has 1 fully saturated rings. The first kappa shape index (κ1) is 21.0. The van der Waals surface area contributed by atoms with Crippen LogP contribution in [-0.2, 0) is 4.79 Å². The van der Waals surface area contributed by atoms with Gasteiger partial charge in [0.25, 0.3) is 5.91 Å². The zero-order valence-electron chi connectivity index (χ0n) is 16.5. The third-order valence-electron chi connectivity index (χ3n) is 4.90.